The molecular weight excluding hydrogens is 216 g/mol. The summed E-state index contributed by atoms with van der Waals surface area (Å²) in [6, 6.07) is 7.94. The second kappa shape index (κ2) is 14.0. The first-order chi connectivity index (χ1) is 7.79. The van der Waals surface area contributed by atoms with Crippen LogP contribution in [0.5, 0.6) is 0 Å². The average Bonchev–Trinajstić information content (AvgIpc) is 2.98. The van der Waals surface area contributed by atoms with E-state index in [4.69, 9.17) is 4.42 Å². The Morgan fingerprint density at radius 2 is 1.56 bits per heavy atom. The Kier molecular flexibility index (Phi) is 15.2. The normalized spacial score (nSPS) is 7.38. The zero-order chi connectivity index (χ0) is 12.8. The molecule has 2 rings (SSSR count). The van der Waals surface area contributed by atoms with Gasteiger partial charge in [-0.25, -0.2) is 0 Å². The van der Waals surface area contributed by atoms with Crippen LogP contribution in [0.15, 0.2) is 40.3 Å². The highest BCUT2D eigenvalue weighted by molar-refractivity contribution is 7.09. The van der Waals surface area contributed by atoms with Gasteiger partial charge in [-0.2, -0.15) is 0 Å². The van der Waals surface area contributed by atoms with E-state index in [-0.39, 0.29) is 0 Å². The molecule has 0 bridgehead atoms. The molecule has 0 saturated carbocycles. The maximum absolute atomic E-state index is 4.83. The summed E-state index contributed by atoms with van der Waals surface area (Å²) in [6.45, 7) is 12.0. The highest BCUT2D eigenvalue weighted by Crippen LogP contribution is 2.03. The van der Waals surface area contributed by atoms with E-state index in [1.165, 1.54) is 4.88 Å². The highest BCUT2D eigenvalue weighted by Gasteiger charge is 1.76. The van der Waals surface area contributed by atoms with Crippen molar-refractivity contribution in [3.8, 4) is 0 Å². The van der Waals surface area contributed by atoms with E-state index in [9.17, 15) is 0 Å². The fraction of sp³-hybridized carbons (Fsp3) is 0.429. The molecule has 0 atom stereocenters. The number of furan rings is 1. The molecule has 0 fully saturated rings. The number of hydrogen-bond donors (Lipinski definition) is 0. The average molecular weight is 240 g/mol. The molecule has 2 aromatic rings. The monoisotopic (exact) mass is 240 g/mol. The van der Waals surface area contributed by atoms with E-state index >= 15 is 0 Å². The quantitative estimate of drug-likeness (QED) is 0.576. The summed E-state index contributed by atoms with van der Waals surface area (Å²) < 4.78 is 4.83. The van der Waals surface area contributed by atoms with Gasteiger partial charge in [0.05, 0.1) is 6.26 Å². The van der Waals surface area contributed by atoms with Gasteiger partial charge >= 0.3 is 0 Å². The van der Waals surface area contributed by atoms with Crippen molar-refractivity contribution in [3.63, 3.8) is 0 Å². The predicted molar refractivity (Wildman–Crippen MR) is 75.2 cm³/mol. The van der Waals surface area contributed by atoms with Crippen molar-refractivity contribution in [2.75, 3.05) is 0 Å². The fourth-order valence-corrected chi connectivity index (χ4v) is 1.25. The summed E-state index contributed by atoms with van der Waals surface area (Å²) >= 11 is 1.78. The van der Waals surface area contributed by atoms with Crippen LogP contribution in [-0.4, -0.2) is 0 Å². The third-order valence-electron chi connectivity index (χ3n) is 1.33. The number of thiophene rings is 1. The van der Waals surface area contributed by atoms with Crippen molar-refractivity contribution in [2.45, 2.75) is 41.5 Å². The van der Waals surface area contributed by atoms with Gasteiger partial charge < -0.3 is 4.42 Å². The van der Waals surface area contributed by atoms with Gasteiger partial charge in [0.25, 0.3) is 0 Å². The van der Waals surface area contributed by atoms with Crippen molar-refractivity contribution in [1.82, 2.24) is 0 Å². The van der Waals surface area contributed by atoms with Crippen LogP contribution in [0, 0.1) is 13.8 Å². The van der Waals surface area contributed by atoms with Crippen molar-refractivity contribution in [3.05, 3.63) is 46.5 Å². The zero-order valence-electron chi connectivity index (χ0n) is 11.3. The largest absolute Gasteiger partial charge is 0.470 e. The van der Waals surface area contributed by atoms with Gasteiger partial charge in [-0.05, 0) is 37.4 Å². The first-order valence-electron chi connectivity index (χ1n) is 5.79. The van der Waals surface area contributed by atoms with Crippen molar-refractivity contribution < 1.29 is 4.42 Å². The lowest BCUT2D eigenvalue weighted by Gasteiger charge is -1.69. The summed E-state index contributed by atoms with van der Waals surface area (Å²) in [5.74, 6) is 0.968. The first-order valence-corrected chi connectivity index (χ1v) is 6.67. The molecule has 2 heterocycles. The number of hydrogen-bond acceptors (Lipinski definition) is 2. The van der Waals surface area contributed by atoms with Crippen molar-refractivity contribution >= 4 is 11.3 Å². The van der Waals surface area contributed by atoms with Crippen LogP contribution in [0.1, 0.15) is 38.3 Å². The van der Waals surface area contributed by atoms with E-state index in [2.05, 4.69) is 24.4 Å². The molecule has 0 unspecified atom stereocenters. The van der Waals surface area contributed by atoms with E-state index in [0.717, 1.165) is 5.76 Å². The van der Waals surface area contributed by atoms with Crippen molar-refractivity contribution in [2.24, 2.45) is 0 Å². The molecule has 0 saturated heterocycles. The summed E-state index contributed by atoms with van der Waals surface area (Å²) in [6.07, 6.45) is 1.66. The Balaban J connectivity index is 0. The molecular formula is C14H24OS. The summed E-state index contributed by atoms with van der Waals surface area (Å²) in [7, 11) is 0. The fourth-order valence-electron chi connectivity index (χ4n) is 0.721. The Hall–Kier alpha value is -1.02. The van der Waals surface area contributed by atoms with E-state index in [0.29, 0.717) is 0 Å². The van der Waals surface area contributed by atoms with Gasteiger partial charge in [-0.15, -0.1) is 11.3 Å². The molecule has 0 aromatic carbocycles. The molecule has 16 heavy (non-hydrogen) atoms. The summed E-state index contributed by atoms with van der Waals surface area (Å²) in [4.78, 5) is 1.38. The smallest absolute Gasteiger partial charge is 0.100 e. The Bertz CT molecular complexity index is 250. The summed E-state index contributed by atoms with van der Waals surface area (Å²) in [5.41, 5.74) is 0. The van der Waals surface area contributed by atoms with E-state index < -0.39 is 0 Å². The number of aryl methyl sites for hydroxylation is 2. The minimum atomic E-state index is 0.968. The SMILES string of the molecule is CC.CC.Cc1ccco1.Cc1cccs1. The third kappa shape index (κ3) is 11.1. The molecule has 2 heteroatoms. The van der Waals surface area contributed by atoms with Crippen LogP contribution in [0.2, 0.25) is 0 Å². The minimum absolute atomic E-state index is 0.968. The molecule has 0 aliphatic rings. The lowest BCUT2D eigenvalue weighted by Crippen LogP contribution is -1.48. The second-order valence-corrected chi connectivity index (χ2v) is 3.60. The maximum atomic E-state index is 4.83. The van der Waals surface area contributed by atoms with Gasteiger partial charge in [0.15, 0.2) is 0 Å². The molecule has 0 N–H and O–H groups in total. The lowest BCUT2D eigenvalue weighted by atomic mass is 10.5. The Morgan fingerprint density at radius 1 is 0.938 bits per heavy atom. The van der Waals surface area contributed by atoms with Crippen LogP contribution in [0.4, 0.5) is 0 Å². The van der Waals surface area contributed by atoms with Crippen LogP contribution in [-0.2, 0) is 0 Å². The van der Waals surface area contributed by atoms with Gasteiger partial charge in [0, 0.05) is 4.88 Å². The van der Waals surface area contributed by atoms with Gasteiger partial charge in [0.2, 0.25) is 0 Å². The number of rotatable bonds is 0. The minimum Gasteiger partial charge on any atom is -0.470 e. The molecule has 2 aromatic heterocycles. The maximum Gasteiger partial charge on any atom is 0.100 e. The van der Waals surface area contributed by atoms with Crippen LogP contribution < -0.4 is 0 Å². The van der Waals surface area contributed by atoms with Crippen LogP contribution in [0.3, 0.4) is 0 Å². The predicted octanol–water partition coefficient (Wildman–Crippen LogP) is 5.70. The Morgan fingerprint density at radius 3 is 1.69 bits per heavy atom. The van der Waals surface area contributed by atoms with E-state index in [1.807, 2.05) is 46.8 Å². The van der Waals surface area contributed by atoms with Crippen molar-refractivity contribution in [1.29, 1.82) is 0 Å². The van der Waals surface area contributed by atoms with Crippen LogP contribution >= 0.6 is 11.3 Å². The standard InChI is InChI=1S/C5H6O.C5H6S.2C2H6/c2*1-5-3-2-4-6-5;2*1-2/h2*2-4H,1H3;2*1-2H3. The third-order valence-corrected chi connectivity index (χ3v) is 2.13. The molecule has 92 valence electrons. The topological polar surface area (TPSA) is 13.1 Å². The zero-order valence-corrected chi connectivity index (χ0v) is 12.1. The first kappa shape index (κ1) is 17.4. The molecule has 0 radical (unpaired) electrons. The van der Waals surface area contributed by atoms with Crippen LogP contribution in [0.25, 0.3) is 0 Å². The highest BCUT2D eigenvalue weighted by atomic mass is 32.1. The molecule has 0 spiro atoms. The molecule has 0 aliphatic heterocycles. The Labute approximate surface area is 104 Å². The second-order valence-electron chi connectivity index (χ2n) is 2.45. The summed E-state index contributed by atoms with van der Waals surface area (Å²) in [5, 5.41) is 2.08. The molecule has 0 aliphatic carbocycles. The van der Waals surface area contributed by atoms with Gasteiger partial charge in [0.1, 0.15) is 5.76 Å². The molecule has 1 nitrogen and oxygen atoms in total. The van der Waals surface area contributed by atoms with Gasteiger partial charge in [-0.1, -0.05) is 33.8 Å². The lowest BCUT2D eigenvalue weighted by molar-refractivity contribution is 0.534. The van der Waals surface area contributed by atoms with Gasteiger partial charge in [-0.3, -0.25) is 0 Å². The van der Waals surface area contributed by atoms with E-state index in [1.54, 1.807) is 17.6 Å². The molecule has 0 amide bonds.